The smallest absolute Gasteiger partial charge is 0.301 e. The molecule has 0 spiro atoms. The molecule has 0 atom stereocenters. The number of anilines is 3. The molecule has 0 unspecified atom stereocenters. The summed E-state index contributed by atoms with van der Waals surface area (Å²) in [5.41, 5.74) is 1.55. The van der Waals surface area contributed by atoms with Crippen LogP contribution in [-0.2, 0) is 9.53 Å². The number of unbranched alkanes of at least 4 members (excludes halogenated alkanes) is 2. The van der Waals surface area contributed by atoms with Gasteiger partial charge in [-0.2, -0.15) is 0 Å². The van der Waals surface area contributed by atoms with Crippen molar-refractivity contribution in [3.05, 3.63) is 47.3 Å². The van der Waals surface area contributed by atoms with Crippen LogP contribution in [0.4, 0.5) is 17.3 Å². The van der Waals surface area contributed by atoms with Crippen molar-refractivity contribution in [3.63, 3.8) is 0 Å². The van der Waals surface area contributed by atoms with Crippen LogP contribution in [0.3, 0.4) is 0 Å². The monoisotopic (exact) mass is 508 g/mol. The molecule has 0 radical (unpaired) electrons. The van der Waals surface area contributed by atoms with Gasteiger partial charge in [0.05, 0.1) is 24.9 Å². The molecule has 2 aromatic heterocycles. The Kier molecular flexibility index (Phi) is 8.19. The highest BCUT2D eigenvalue weighted by atomic mass is 79.9. The van der Waals surface area contributed by atoms with Gasteiger partial charge in [0.25, 0.3) is 0 Å². The highest BCUT2D eigenvalue weighted by Gasteiger charge is 2.09. The fraction of sp³-hybridized carbons (Fsp3) is 0.333. The number of nitrogens with one attached hydrogen (secondary N) is 2. The number of morpholine rings is 1. The molecule has 0 saturated carbocycles. The molecular weight excluding hydrogens is 484 g/mol. The van der Waals surface area contributed by atoms with Gasteiger partial charge in [0.15, 0.2) is 0 Å². The van der Waals surface area contributed by atoms with E-state index in [-0.39, 0.29) is 5.91 Å². The van der Waals surface area contributed by atoms with Crippen molar-refractivity contribution in [1.82, 2.24) is 19.9 Å². The number of benzene rings is 1. The molecule has 4 rings (SSSR count). The first-order chi connectivity index (χ1) is 16.2. The molecule has 1 aromatic carbocycles. The van der Waals surface area contributed by atoms with E-state index in [9.17, 15) is 4.79 Å². The summed E-state index contributed by atoms with van der Waals surface area (Å²) >= 11 is 3.47. The molecule has 1 aliphatic rings. The lowest BCUT2D eigenvalue weighted by molar-refractivity contribution is -0.111. The summed E-state index contributed by atoms with van der Waals surface area (Å²) in [6.45, 7) is 4.68. The van der Waals surface area contributed by atoms with Crippen LogP contribution in [0.15, 0.2) is 47.3 Å². The normalized spacial score (nSPS) is 13.8. The maximum Gasteiger partial charge on any atom is 0.301 e. The van der Waals surface area contributed by atoms with Gasteiger partial charge in [-0.3, -0.25) is 15.0 Å². The number of hydrogen-bond acceptors (Lipinski definition) is 7. The van der Waals surface area contributed by atoms with Crippen LogP contribution < -0.4 is 10.6 Å². The van der Waals surface area contributed by atoms with Crippen molar-refractivity contribution in [2.75, 3.05) is 43.5 Å². The minimum atomic E-state index is -0.381. The maximum absolute atomic E-state index is 12.2. The Labute approximate surface area is 201 Å². The molecule has 1 aliphatic heterocycles. The van der Waals surface area contributed by atoms with Gasteiger partial charge in [-0.15, -0.1) is 0 Å². The second-order valence-corrected chi connectivity index (χ2v) is 8.53. The van der Waals surface area contributed by atoms with Crippen molar-refractivity contribution in [1.29, 1.82) is 0 Å². The number of pyridine rings is 1. The van der Waals surface area contributed by atoms with E-state index in [1.54, 1.807) is 12.3 Å². The summed E-state index contributed by atoms with van der Waals surface area (Å²) in [5.74, 6) is 6.26. The van der Waals surface area contributed by atoms with Crippen molar-refractivity contribution in [3.8, 4) is 11.8 Å². The molecule has 1 amide bonds. The Bertz CT molecular complexity index is 1170. The van der Waals surface area contributed by atoms with Crippen molar-refractivity contribution in [2.45, 2.75) is 19.3 Å². The Balaban J connectivity index is 1.33. The summed E-state index contributed by atoms with van der Waals surface area (Å²) in [6, 6.07) is 9.53. The predicted molar refractivity (Wildman–Crippen MR) is 132 cm³/mol. The Morgan fingerprint density at radius 1 is 1.15 bits per heavy atom. The molecule has 0 aliphatic carbocycles. The van der Waals surface area contributed by atoms with Gasteiger partial charge < -0.3 is 10.1 Å². The van der Waals surface area contributed by atoms with Gasteiger partial charge in [-0.1, -0.05) is 27.9 Å². The van der Waals surface area contributed by atoms with Crippen LogP contribution in [0.1, 0.15) is 19.3 Å². The van der Waals surface area contributed by atoms with Crippen LogP contribution in [0.25, 0.3) is 10.9 Å². The van der Waals surface area contributed by atoms with Crippen LogP contribution in [-0.4, -0.2) is 58.6 Å². The van der Waals surface area contributed by atoms with Gasteiger partial charge in [0.1, 0.15) is 18.0 Å². The van der Waals surface area contributed by atoms with Crippen molar-refractivity contribution < 1.29 is 9.53 Å². The number of amides is 1. The molecule has 8 nitrogen and oxygen atoms in total. The number of nitrogens with zero attached hydrogens (tertiary/aromatic N) is 4. The number of hydrogen-bond donors (Lipinski definition) is 2. The Morgan fingerprint density at radius 2 is 2.03 bits per heavy atom. The van der Waals surface area contributed by atoms with Crippen molar-refractivity contribution in [2.24, 2.45) is 0 Å². The predicted octanol–water partition coefficient (Wildman–Crippen LogP) is 3.98. The van der Waals surface area contributed by atoms with E-state index in [1.165, 1.54) is 6.33 Å². The van der Waals surface area contributed by atoms with Crippen LogP contribution in [0, 0.1) is 11.8 Å². The van der Waals surface area contributed by atoms with Crippen LogP contribution >= 0.6 is 15.9 Å². The fourth-order valence-corrected chi connectivity index (χ4v) is 3.89. The summed E-state index contributed by atoms with van der Waals surface area (Å²) in [7, 11) is 0. The highest BCUT2D eigenvalue weighted by molar-refractivity contribution is 9.10. The first kappa shape index (κ1) is 23.1. The van der Waals surface area contributed by atoms with E-state index in [1.807, 2.05) is 24.3 Å². The third-order valence-corrected chi connectivity index (χ3v) is 5.68. The average molecular weight is 509 g/mol. The summed E-state index contributed by atoms with van der Waals surface area (Å²) < 4.78 is 6.31. The minimum Gasteiger partial charge on any atom is -0.379 e. The van der Waals surface area contributed by atoms with E-state index in [0.29, 0.717) is 23.6 Å². The second kappa shape index (κ2) is 11.7. The van der Waals surface area contributed by atoms with Gasteiger partial charge >= 0.3 is 5.91 Å². The average Bonchev–Trinajstić information content (AvgIpc) is 2.82. The first-order valence-electron chi connectivity index (χ1n) is 10.9. The quantitative estimate of drug-likeness (QED) is 0.368. The van der Waals surface area contributed by atoms with E-state index in [4.69, 9.17) is 4.74 Å². The Morgan fingerprint density at radius 3 is 2.88 bits per heavy atom. The van der Waals surface area contributed by atoms with Crippen LogP contribution in [0.5, 0.6) is 0 Å². The molecular formula is C24H25BrN6O2. The molecule has 1 fully saturated rings. The number of carbonyl (C=O) groups excluding carboxylic acids is 1. The molecule has 3 heterocycles. The molecule has 1 saturated heterocycles. The number of aromatic nitrogens is 3. The summed E-state index contributed by atoms with van der Waals surface area (Å²) in [5, 5.41) is 6.77. The molecule has 9 heteroatoms. The zero-order chi connectivity index (χ0) is 22.9. The maximum atomic E-state index is 12.2. The molecule has 0 bridgehead atoms. The zero-order valence-electron chi connectivity index (χ0n) is 18.2. The lowest BCUT2D eigenvalue weighted by Gasteiger charge is -2.26. The van der Waals surface area contributed by atoms with Gasteiger partial charge in [-0.25, -0.2) is 15.0 Å². The SMILES string of the molecule is O=C(C#CCCCCN1CCOCC1)Nc1cc2c(Nc3cccc(Br)c3)ncnc2cn1. The molecule has 2 N–H and O–H groups in total. The van der Waals surface area contributed by atoms with Gasteiger partial charge in [0.2, 0.25) is 0 Å². The lowest BCUT2D eigenvalue weighted by Crippen LogP contribution is -2.36. The second-order valence-electron chi connectivity index (χ2n) is 7.61. The molecule has 33 heavy (non-hydrogen) atoms. The van der Waals surface area contributed by atoms with Gasteiger partial charge in [0, 0.05) is 35.1 Å². The van der Waals surface area contributed by atoms with Crippen LogP contribution in [0.2, 0.25) is 0 Å². The number of rotatable bonds is 7. The number of carbonyl (C=O) groups is 1. The van der Waals surface area contributed by atoms with Crippen molar-refractivity contribution >= 4 is 50.1 Å². The first-order valence-corrected chi connectivity index (χ1v) is 11.7. The third-order valence-electron chi connectivity index (χ3n) is 5.18. The topological polar surface area (TPSA) is 92.3 Å². The van der Waals surface area contributed by atoms with E-state index in [2.05, 4.69) is 58.3 Å². The van der Waals surface area contributed by atoms with Gasteiger partial charge in [-0.05, 0) is 49.6 Å². The summed E-state index contributed by atoms with van der Waals surface area (Å²) in [4.78, 5) is 27.5. The van der Waals surface area contributed by atoms with E-state index < -0.39 is 0 Å². The fourth-order valence-electron chi connectivity index (χ4n) is 3.49. The number of fused-ring (bicyclic) bond motifs is 1. The summed E-state index contributed by atoms with van der Waals surface area (Å²) in [6.07, 6.45) is 5.81. The van der Waals surface area contributed by atoms with E-state index >= 15 is 0 Å². The minimum absolute atomic E-state index is 0.381. The standard InChI is InChI=1S/C24H25BrN6O2/c25-18-6-5-7-19(14-18)29-24-20-15-22(26-16-21(20)27-17-28-24)30-23(32)8-3-1-2-4-9-31-10-12-33-13-11-31/h5-7,14-17H,1-2,4,9-13H2,(H,26,30,32)(H,27,28,29). The number of ether oxygens (including phenoxy) is 1. The molecule has 170 valence electrons. The lowest BCUT2D eigenvalue weighted by atomic mass is 10.2. The third kappa shape index (κ3) is 6.96. The number of halogens is 1. The van der Waals surface area contributed by atoms with E-state index in [0.717, 1.165) is 61.2 Å². The highest BCUT2D eigenvalue weighted by Crippen LogP contribution is 2.25. The molecule has 3 aromatic rings. The zero-order valence-corrected chi connectivity index (χ0v) is 19.8. The Hall–Kier alpha value is -3.06. The largest absolute Gasteiger partial charge is 0.379 e.